The zero-order valence-corrected chi connectivity index (χ0v) is 16.0. The van der Waals surface area contributed by atoms with E-state index < -0.39 is 0 Å². The number of halogens is 1. The molecule has 0 amide bonds. The van der Waals surface area contributed by atoms with Gasteiger partial charge in [-0.1, -0.05) is 6.07 Å². The molecule has 1 aromatic heterocycles. The number of aliphatic imine (C=N–C) groups is 1. The van der Waals surface area contributed by atoms with Gasteiger partial charge < -0.3 is 20.3 Å². The maximum absolute atomic E-state index is 6.12. The minimum absolute atomic E-state index is 0. The highest BCUT2D eigenvalue weighted by Gasteiger charge is 2.18. The van der Waals surface area contributed by atoms with Gasteiger partial charge in [0, 0.05) is 37.4 Å². The Morgan fingerprint density at radius 2 is 1.91 bits per heavy atom. The molecule has 7 heteroatoms. The number of anilines is 1. The van der Waals surface area contributed by atoms with Crippen LogP contribution in [0, 0.1) is 6.92 Å². The number of rotatable bonds is 3. The second kappa shape index (κ2) is 8.68. The van der Waals surface area contributed by atoms with Crippen molar-refractivity contribution in [3.63, 3.8) is 0 Å². The maximum Gasteiger partial charge on any atom is 0.191 e. The van der Waals surface area contributed by atoms with Gasteiger partial charge in [0.1, 0.15) is 5.82 Å². The first-order valence-electron chi connectivity index (χ1n) is 8.08. The molecule has 2 N–H and O–H groups in total. The molecule has 0 saturated carbocycles. The van der Waals surface area contributed by atoms with Crippen LogP contribution in [-0.4, -0.2) is 55.2 Å². The average Bonchev–Trinajstić information content (AvgIpc) is 3.08. The molecule has 3 rings (SSSR count). The van der Waals surface area contributed by atoms with Crippen LogP contribution in [0.1, 0.15) is 24.1 Å². The molecule has 0 aromatic carbocycles. The van der Waals surface area contributed by atoms with Crippen LogP contribution in [0.25, 0.3) is 0 Å². The number of pyridine rings is 1. The molecule has 3 heterocycles. The number of aryl methyl sites for hydroxylation is 1. The Balaban J connectivity index is 0.00000192. The molecule has 23 heavy (non-hydrogen) atoms. The van der Waals surface area contributed by atoms with Gasteiger partial charge in [-0.15, -0.1) is 24.0 Å². The van der Waals surface area contributed by atoms with Gasteiger partial charge in [-0.2, -0.15) is 0 Å². The second-order valence-electron chi connectivity index (χ2n) is 5.90. The summed E-state index contributed by atoms with van der Waals surface area (Å²) in [6.45, 7) is 7.89. The predicted molar refractivity (Wildman–Crippen MR) is 104 cm³/mol. The molecular weight excluding hydrogens is 405 g/mol. The maximum atomic E-state index is 6.12. The van der Waals surface area contributed by atoms with E-state index in [9.17, 15) is 0 Å². The summed E-state index contributed by atoms with van der Waals surface area (Å²) in [5.74, 6) is 1.69. The molecule has 128 valence electrons. The smallest absolute Gasteiger partial charge is 0.191 e. The van der Waals surface area contributed by atoms with E-state index in [0.717, 1.165) is 56.5 Å². The minimum Gasteiger partial charge on any atom is -0.378 e. The fourth-order valence-corrected chi connectivity index (χ4v) is 2.96. The number of hydrogen-bond donors (Lipinski definition) is 1. The van der Waals surface area contributed by atoms with Gasteiger partial charge in [0.2, 0.25) is 0 Å². The summed E-state index contributed by atoms with van der Waals surface area (Å²) < 4.78 is 5.34. The molecule has 0 radical (unpaired) electrons. The molecule has 2 aliphatic rings. The Morgan fingerprint density at radius 3 is 2.61 bits per heavy atom. The monoisotopic (exact) mass is 431 g/mol. The molecule has 0 bridgehead atoms. The molecule has 0 atom stereocenters. The van der Waals surface area contributed by atoms with Gasteiger partial charge in [0.05, 0.1) is 19.8 Å². The fourth-order valence-electron chi connectivity index (χ4n) is 2.96. The number of aromatic nitrogens is 1. The van der Waals surface area contributed by atoms with E-state index in [2.05, 4.69) is 26.9 Å². The lowest BCUT2D eigenvalue weighted by atomic mass is 10.2. The Kier molecular flexibility index (Phi) is 6.88. The normalized spacial score (nSPS) is 18.9. The van der Waals surface area contributed by atoms with Crippen LogP contribution in [0.5, 0.6) is 0 Å². The van der Waals surface area contributed by atoms with Crippen molar-refractivity contribution in [3.05, 3.63) is 23.4 Å². The van der Waals surface area contributed by atoms with E-state index in [1.165, 1.54) is 12.8 Å². The highest BCUT2D eigenvalue weighted by molar-refractivity contribution is 14.0. The summed E-state index contributed by atoms with van der Waals surface area (Å²) in [7, 11) is 0. The molecule has 1 aromatic rings. The van der Waals surface area contributed by atoms with Crippen LogP contribution in [0.15, 0.2) is 17.1 Å². The lowest BCUT2D eigenvalue weighted by Crippen LogP contribution is -2.44. The van der Waals surface area contributed by atoms with E-state index in [4.69, 9.17) is 15.5 Å². The number of nitrogens with zero attached hydrogens (tertiary/aromatic N) is 4. The molecular formula is C16H26IN5O. The van der Waals surface area contributed by atoms with Crippen molar-refractivity contribution >= 4 is 35.8 Å². The minimum atomic E-state index is 0. The van der Waals surface area contributed by atoms with Crippen LogP contribution in [0.3, 0.4) is 0 Å². The second-order valence-corrected chi connectivity index (χ2v) is 5.90. The fraction of sp³-hybridized carbons (Fsp3) is 0.625. The van der Waals surface area contributed by atoms with Crippen LogP contribution in [0.4, 0.5) is 5.82 Å². The van der Waals surface area contributed by atoms with Gasteiger partial charge in [-0.25, -0.2) is 9.98 Å². The average molecular weight is 431 g/mol. The van der Waals surface area contributed by atoms with E-state index in [0.29, 0.717) is 12.5 Å². The first kappa shape index (κ1) is 18.3. The highest BCUT2D eigenvalue weighted by Crippen LogP contribution is 2.23. The molecule has 0 unspecified atom stereocenters. The van der Waals surface area contributed by atoms with Gasteiger partial charge in [-0.05, 0) is 25.8 Å². The third-order valence-electron chi connectivity index (χ3n) is 4.25. The first-order valence-corrected chi connectivity index (χ1v) is 8.08. The molecule has 0 spiro atoms. The number of nitrogens with two attached hydrogens (primary N) is 1. The Labute approximate surface area is 155 Å². The largest absolute Gasteiger partial charge is 0.378 e. The van der Waals surface area contributed by atoms with Crippen molar-refractivity contribution in [2.24, 2.45) is 10.7 Å². The van der Waals surface area contributed by atoms with Crippen molar-refractivity contribution in [1.82, 2.24) is 9.88 Å². The standard InChI is InChI=1S/C16H25N5O.HI/c1-13-4-5-14(15(19-13)20-6-2-3-7-20)12-18-16(17)21-8-10-22-11-9-21;/h4-5H,2-3,6-12H2,1H3,(H2,17,18);1H. The summed E-state index contributed by atoms with van der Waals surface area (Å²) in [6.07, 6.45) is 2.49. The van der Waals surface area contributed by atoms with Crippen LogP contribution >= 0.6 is 24.0 Å². The number of ether oxygens (including phenoxy) is 1. The summed E-state index contributed by atoms with van der Waals surface area (Å²) in [5.41, 5.74) is 8.32. The molecule has 2 aliphatic heterocycles. The first-order chi connectivity index (χ1) is 10.7. The molecule has 2 fully saturated rings. The van der Waals surface area contributed by atoms with Gasteiger partial charge in [0.25, 0.3) is 0 Å². The van der Waals surface area contributed by atoms with E-state index in [1.54, 1.807) is 0 Å². The van der Waals surface area contributed by atoms with E-state index >= 15 is 0 Å². The third kappa shape index (κ3) is 4.69. The molecule has 2 saturated heterocycles. The molecule has 0 aliphatic carbocycles. The number of morpholine rings is 1. The van der Waals surface area contributed by atoms with Crippen LogP contribution in [0.2, 0.25) is 0 Å². The Bertz CT molecular complexity index is 539. The lowest BCUT2D eigenvalue weighted by molar-refractivity contribution is 0.0674. The zero-order chi connectivity index (χ0) is 15.4. The van der Waals surface area contributed by atoms with Crippen molar-refractivity contribution < 1.29 is 4.74 Å². The summed E-state index contributed by atoms with van der Waals surface area (Å²) in [6, 6.07) is 4.18. The number of hydrogen-bond acceptors (Lipinski definition) is 4. The van der Waals surface area contributed by atoms with Crippen molar-refractivity contribution in [3.8, 4) is 0 Å². The Hall–Kier alpha value is -1.09. The summed E-state index contributed by atoms with van der Waals surface area (Å²) >= 11 is 0. The molecule has 6 nitrogen and oxygen atoms in total. The lowest BCUT2D eigenvalue weighted by Gasteiger charge is -2.27. The SMILES string of the molecule is Cc1ccc(CN=C(N)N2CCOCC2)c(N2CCCC2)n1.I. The van der Waals surface area contributed by atoms with Gasteiger partial charge >= 0.3 is 0 Å². The summed E-state index contributed by atoms with van der Waals surface area (Å²) in [4.78, 5) is 13.8. The Morgan fingerprint density at radius 1 is 1.22 bits per heavy atom. The van der Waals surface area contributed by atoms with E-state index in [1.807, 2.05) is 6.92 Å². The third-order valence-corrected chi connectivity index (χ3v) is 4.25. The number of guanidine groups is 1. The van der Waals surface area contributed by atoms with Crippen LogP contribution in [-0.2, 0) is 11.3 Å². The van der Waals surface area contributed by atoms with Crippen molar-refractivity contribution in [2.45, 2.75) is 26.3 Å². The van der Waals surface area contributed by atoms with Gasteiger partial charge in [0.15, 0.2) is 5.96 Å². The quantitative estimate of drug-likeness (QED) is 0.449. The topological polar surface area (TPSA) is 67.0 Å². The van der Waals surface area contributed by atoms with Crippen molar-refractivity contribution in [1.29, 1.82) is 0 Å². The predicted octanol–water partition coefficient (Wildman–Crippen LogP) is 1.76. The highest BCUT2D eigenvalue weighted by atomic mass is 127. The van der Waals surface area contributed by atoms with E-state index in [-0.39, 0.29) is 24.0 Å². The summed E-state index contributed by atoms with van der Waals surface area (Å²) in [5, 5.41) is 0. The van der Waals surface area contributed by atoms with Crippen molar-refractivity contribution in [2.75, 3.05) is 44.3 Å². The van der Waals surface area contributed by atoms with Gasteiger partial charge in [-0.3, -0.25) is 0 Å². The van der Waals surface area contributed by atoms with Crippen LogP contribution < -0.4 is 10.6 Å². The zero-order valence-electron chi connectivity index (χ0n) is 13.7.